The lowest BCUT2D eigenvalue weighted by Crippen LogP contribution is -2.40. The Bertz CT molecular complexity index is 438. The predicted molar refractivity (Wildman–Crippen MR) is 61.5 cm³/mol. The van der Waals surface area contributed by atoms with Crippen molar-refractivity contribution in [2.24, 2.45) is 0 Å². The van der Waals surface area contributed by atoms with E-state index < -0.39 is 18.3 Å². The number of aliphatic hydroxyl groups excluding tert-OH is 3. The van der Waals surface area contributed by atoms with E-state index in [0.29, 0.717) is 11.1 Å². The lowest BCUT2D eigenvalue weighted by atomic mass is 9.88. The molecule has 90 valence electrons. The number of carbonyl (C=O) groups excluding carboxylic acids is 1. The highest BCUT2D eigenvalue weighted by atomic mass is 16.4. The second kappa shape index (κ2) is 4.79. The van der Waals surface area contributed by atoms with Crippen molar-refractivity contribution in [1.29, 1.82) is 0 Å². The van der Waals surface area contributed by atoms with E-state index in [2.05, 4.69) is 0 Å². The summed E-state index contributed by atoms with van der Waals surface area (Å²) < 4.78 is 0. The Labute approximate surface area is 98.8 Å². The number of aliphatic hydroxyl groups is 3. The highest BCUT2D eigenvalue weighted by Crippen LogP contribution is 2.22. The van der Waals surface area contributed by atoms with E-state index in [0.717, 1.165) is 0 Å². The predicted octanol–water partition coefficient (Wildman–Crippen LogP) is 0.282. The summed E-state index contributed by atoms with van der Waals surface area (Å²) in [4.78, 5) is 12.0. The molecular weight excluding hydrogens is 220 g/mol. The third-order valence-corrected chi connectivity index (χ3v) is 2.87. The molecule has 3 atom stereocenters. The van der Waals surface area contributed by atoms with Crippen LogP contribution in [0.4, 0.5) is 0 Å². The first-order valence-electron chi connectivity index (χ1n) is 5.44. The molecule has 0 bridgehead atoms. The smallest absolute Gasteiger partial charge is 0.188 e. The van der Waals surface area contributed by atoms with Gasteiger partial charge in [-0.05, 0) is 6.08 Å². The van der Waals surface area contributed by atoms with Crippen molar-refractivity contribution < 1.29 is 20.1 Å². The molecule has 0 heterocycles. The summed E-state index contributed by atoms with van der Waals surface area (Å²) >= 11 is 0. The number of benzene rings is 1. The topological polar surface area (TPSA) is 77.8 Å². The first kappa shape index (κ1) is 12.0. The molecule has 1 aliphatic carbocycles. The molecule has 0 aromatic heterocycles. The van der Waals surface area contributed by atoms with Crippen LogP contribution in [0.2, 0.25) is 0 Å². The zero-order valence-corrected chi connectivity index (χ0v) is 9.15. The van der Waals surface area contributed by atoms with Gasteiger partial charge >= 0.3 is 0 Å². The summed E-state index contributed by atoms with van der Waals surface area (Å²) in [5, 5.41) is 28.3. The fraction of sp³-hybridized carbons (Fsp3) is 0.308. The molecule has 0 saturated heterocycles. The highest BCUT2D eigenvalue weighted by Gasteiger charge is 2.31. The van der Waals surface area contributed by atoms with Crippen LogP contribution in [0.5, 0.6) is 0 Å². The Morgan fingerprint density at radius 1 is 1.12 bits per heavy atom. The summed E-state index contributed by atoms with van der Waals surface area (Å²) in [5.41, 5.74) is 0.844. The summed E-state index contributed by atoms with van der Waals surface area (Å²) in [6, 6.07) is 8.65. The maximum Gasteiger partial charge on any atom is 0.188 e. The molecule has 1 aromatic carbocycles. The largest absolute Gasteiger partial charge is 0.390 e. The molecule has 0 aliphatic heterocycles. The first-order valence-corrected chi connectivity index (χ1v) is 5.44. The molecule has 0 fully saturated rings. The highest BCUT2D eigenvalue weighted by molar-refractivity contribution is 6.08. The van der Waals surface area contributed by atoms with Gasteiger partial charge in [-0.2, -0.15) is 0 Å². The summed E-state index contributed by atoms with van der Waals surface area (Å²) in [7, 11) is 0. The molecule has 17 heavy (non-hydrogen) atoms. The van der Waals surface area contributed by atoms with Gasteiger partial charge in [0.2, 0.25) is 0 Å². The fourth-order valence-electron chi connectivity index (χ4n) is 1.89. The number of hydrogen-bond donors (Lipinski definition) is 3. The van der Waals surface area contributed by atoms with Crippen LogP contribution in [-0.2, 0) is 0 Å². The summed E-state index contributed by atoms with van der Waals surface area (Å²) in [5.74, 6) is -0.226. The molecule has 0 spiro atoms. The SMILES string of the molecule is O=C(C1=C[C@@H](O)[C@@H](O)[C@H](O)C1)c1ccccc1. The van der Waals surface area contributed by atoms with Crippen LogP contribution >= 0.6 is 0 Å². The van der Waals surface area contributed by atoms with Crippen molar-refractivity contribution in [3.8, 4) is 0 Å². The lowest BCUT2D eigenvalue weighted by molar-refractivity contribution is -0.0471. The Morgan fingerprint density at radius 2 is 1.76 bits per heavy atom. The Balaban J connectivity index is 2.24. The van der Waals surface area contributed by atoms with Gasteiger partial charge in [0.15, 0.2) is 5.78 Å². The monoisotopic (exact) mass is 234 g/mol. The maximum absolute atomic E-state index is 12.0. The van der Waals surface area contributed by atoms with Gasteiger partial charge in [0.25, 0.3) is 0 Å². The number of rotatable bonds is 2. The number of carbonyl (C=O) groups is 1. The van der Waals surface area contributed by atoms with Crippen molar-refractivity contribution in [1.82, 2.24) is 0 Å². The van der Waals surface area contributed by atoms with Crippen molar-refractivity contribution in [3.63, 3.8) is 0 Å². The normalized spacial score (nSPS) is 28.6. The van der Waals surface area contributed by atoms with Crippen LogP contribution in [0.25, 0.3) is 0 Å². The minimum Gasteiger partial charge on any atom is -0.390 e. The second-order valence-electron chi connectivity index (χ2n) is 4.14. The third-order valence-electron chi connectivity index (χ3n) is 2.87. The van der Waals surface area contributed by atoms with Gasteiger partial charge in [0.1, 0.15) is 12.2 Å². The lowest BCUT2D eigenvalue weighted by Gasteiger charge is -2.27. The molecule has 2 rings (SSSR count). The van der Waals surface area contributed by atoms with E-state index in [1.807, 2.05) is 0 Å². The van der Waals surface area contributed by atoms with Gasteiger partial charge in [-0.3, -0.25) is 4.79 Å². The molecular formula is C13H14O4. The van der Waals surface area contributed by atoms with Gasteiger partial charge in [0.05, 0.1) is 6.10 Å². The number of ketones is 1. The van der Waals surface area contributed by atoms with Gasteiger partial charge in [-0.25, -0.2) is 0 Å². The van der Waals surface area contributed by atoms with Crippen molar-refractivity contribution in [2.45, 2.75) is 24.7 Å². The number of Topliss-reactive ketones (excluding diaryl/α,β-unsaturated/α-hetero) is 1. The van der Waals surface area contributed by atoms with E-state index in [-0.39, 0.29) is 12.2 Å². The van der Waals surface area contributed by atoms with E-state index in [1.54, 1.807) is 30.3 Å². The average molecular weight is 234 g/mol. The minimum absolute atomic E-state index is 0.0615. The zero-order chi connectivity index (χ0) is 12.4. The van der Waals surface area contributed by atoms with E-state index in [9.17, 15) is 20.1 Å². The van der Waals surface area contributed by atoms with Crippen LogP contribution in [0.1, 0.15) is 16.8 Å². The Hall–Kier alpha value is -1.49. The second-order valence-corrected chi connectivity index (χ2v) is 4.14. The van der Waals surface area contributed by atoms with Crippen LogP contribution in [-0.4, -0.2) is 39.4 Å². The molecule has 0 unspecified atom stereocenters. The molecule has 0 radical (unpaired) electrons. The van der Waals surface area contributed by atoms with Gasteiger partial charge in [0, 0.05) is 17.6 Å². The third kappa shape index (κ3) is 2.44. The van der Waals surface area contributed by atoms with Crippen LogP contribution in [0, 0.1) is 0 Å². The maximum atomic E-state index is 12.0. The number of hydrogen-bond acceptors (Lipinski definition) is 4. The zero-order valence-electron chi connectivity index (χ0n) is 9.15. The molecule has 1 aliphatic rings. The summed E-state index contributed by atoms with van der Waals surface area (Å²) in [6.07, 6.45) is -2.14. The van der Waals surface area contributed by atoms with Crippen molar-refractivity contribution in [3.05, 3.63) is 47.5 Å². The van der Waals surface area contributed by atoms with Gasteiger partial charge in [-0.1, -0.05) is 30.3 Å². The molecule has 1 aromatic rings. The molecule has 3 N–H and O–H groups in total. The van der Waals surface area contributed by atoms with Gasteiger partial charge in [-0.15, -0.1) is 0 Å². The quantitative estimate of drug-likeness (QED) is 0.642. The average Bonchev–Trinajstić information content (AvgIpc) is 2.35. The van der Waals surface area contributed by atoms with E-state index in [4.69, 9.17) is 0 Å². The minimum atomic E-state index is -1.22. The van der Waals surface area contributed by atoms with E-state index in [1.165, 1.54) is 6.08 Å². The first-order chi connectivity index (χ1) is 8.09. The Morgan fingerprint density at radius 3 is 2.35 bits per heavy atom. The molecule has 0 amide bonds. The van der Waals surface area contributed by atoms with Crippen LogP contribution in [0.15, 0.2) is 42.0 Å². The van der Waals surface area contributed by atoms with Crippen LogP contribution in [0.3, 0.4) is 0 Å². The summed E-state index contributed by atoms with van der Waals surface area (Å²) in [6.45, 7) is 0. The van der Waals surface area contributed by atoms with Crippen molar-refractivity contribution >= 4 is 5.78 Å². The molecule has 4 heteroatoms. The van der Waals surface area contributed by atoms with Gasteiger partial charge < -0.3 is 15.3 Å². The van der Waals surface area contributed by atoms with Crippen molar-refractivity contribution in [2.75, 3.05) is 0 Å². The fourth-order valence-corrected chi connectivity index (χ4v) is 1.89. The molecule has 0 saturated carbocycles. The molecule has 4 nitrogen and oxygen atoms in total. The Kier molecular flexibility index (Phi) is 3.38. The van der Waals surface area contributed by atoms with E-state index >= 15 is 0 Å². The van der Waals surface area contributed by atoms with Crippen LogP contribution < -0.4 is 0 Å². The standard InChI is InChI=1S/C13H14O4/c14-10-6-9(7-11(15)13(10)17)12(16)8-4-2-1-3-5-8/h1-6,10-11,13-15,17H,7H2/t10-,11-,13-/m1/s1.